The number of halogens is 2. The predicted molar refractivity (Wildman–Crippen MR) is 102 cm³/mol. The molecule has 3 rings (SSSR count). The molecular weight excluding hydrogens is 443 g/mol. The van der Waals surface area contributed by atoms with Crippen LogP contribution in [0, 0.1) is 21.3 Å². The molecule has 140 valence electrons. The Morgan fingerprint density at radius 3 is 2.41 bits per heavy atom. The van der Waals surface area contributed by atoms with E-state index in [9.17, 15) is 18.8 Å². The fourth-order valence-electron chi connectivity index (χ4n) is 2.64. The molecule has 0 aliphatic carbocycles. The molecule has 11 heteroatoms. The van der Waals surface area contributed by atoms with E-state index in [1.165, 1.54) is 25.1 Å². The average molecular weight is 455 g/mol. The molecule has 1 aromatic heterocycles. The molecule has 0 N–H and O–H groups in total. The Bertz CT molecular complexity index is 1160. The zero-order chi connectivity index (χ0) is 19.9. The largest absolute Gasteiger partial charge is 0.481 e. The number of carbonyl (C=O) groups excluding carboxylic acids is 1. The molecule has 1 aliphatic heterocycles. The van der Waals surface area contributed by atoms with E-state index < -0.39 is 17.2 Å². The Balaban J connectivity index is 2.32. The Morgan fingerprint density at radius 1 is 1.19 bits per heavy atom. The topological polar surface area (TPSA) is 78.5 Å². The van der Waals surface area contributed by atoms with Crippen molar-refractivity contribution in [3.05, 3.63) is 43.7 Å². The average Bonchev–Trinajstić information content (AvgIpc) is 2.65. The minimum atomic E-state index is -0.856. The van der Waals surface area contributed by atoms with Crippen LogP contribution >= 0.6 is 28.1 Å². The van der Waals surface area contributed by atoms with Crippen LogP contribution in [0.25, 0.3) is 5.69 Å². The van der Waals surface area contributed by atoms with Gasteiger partial charge in [-0.2, -0.15) is 0 Å². The summed E-state index contributed by atoms with van der Waals surface area (Å²) in [5.74, 6) is 1.55. The molecule has 1 amide bonds. The number of fused-ring (bicyclic) bond motifs is 1. The number of hydrogen-bond acceptors (Lipinski definition) is 5. The van der Waals surface area contributed by atoms with Crippen molar-refractivity contribution in [3.8, 4) is 22.2 Å². The number of hydrogen-bond donors (Lipinski definition) is 0. The fourth-order valence-corrected chi connectivity index (χ4v) is 2.92. The molecule has 27 heavy (non-hydrogen) atoms. The number of amides is 1. The molecule has 2 heterocycles. The minimum Gasteiger partial charge on any atom is -0.481 e. The summed E-state index contributed by atoms with van der Waals surface area (Å²) in [6, 6.07) is 2.24. The van der Waals surface area contributed by atoms with Crippen molar-refractivity contribution in [1.29, 1.82) is 0 Å². The third-order valence-corrected chi connectivity index (χ3v) is 4.87. The third kappa shape index (κ3) is 3.11. The van der Waals surface area contributed by atoms with Crippen molar-refractivity contribution < 1.29 is 13.9 Å². The summed E-state index contributed by atoms with van der Waals surface area (Å²) in [6.45, 7) is -0.242. The van der Waals surface area contributed by atoms with Crippen molar-refractivity contribution >= 4 is 39.7 Å². The number of ether oxygens (including phenoxy) is 1. The van der Waals surface area contributed by atoms with Crippen LogP contribution in [0.5, 0.6) is 5.75 Å². The summed E-state index contributed by atoms with van der Waals surface area (Å²) < 4.78 is 22.7. The number of carbonyl (C=O) groups is 1. The lowest BCUT2D eigenvalue weighted by molar-refractivity contribution is -0.121. The summed E-state index contributed by atoms with van der Waals surface area (Å²) in [6.07, 6.45) is 0. The van der Waals surface area contributed by atoms with Crippen LogP contribution in [0.15, 0.2) is 21.7 Å². The van der Waals surface area contributed by atoms with E-state index >= 15 is 0 Å². The van der Waals surface area contributed by atoms with Gasteiger partial charge in [-0.05, 0) is 23.1 Å². The van der Waals surface area contributed by atoms with Gasteiger partial charge in [-0.15, -0.1) is 0 Å². The molecule has 1 aliphatic rings. The second-order valence-electron chi connectivity index (χ2n) is 5.61. The minimum absolute atomic E-state index is 0.00708. The highest BCUT2D eigenvalue weighted by atomic mass is 79.9. The summed E-state index contributed by atoms with van der Waals surface area (Å²) in [5.41, 5.74) is -1.73. The zero-order valence-electron chi connectivity index (χ0n) is 14.2. The van der Waals surface area contributed by atoms with Crippen LogP contribution in [0.4, 0.5) is 10.1 Å². The smallest absolute Gasteiger partial charge is 0.338 e. The van der Waals surface area contributed by atoms with E-state index in [1.54, 1.807) is 0 Å². The van der Waals surface area contributed by atoms with E-state index in [2.05, 4.69) is 26.7 Å². The second kappa shape index (κ2) is 7.13. The first-order valence-electron chi connectivity index (χ1n) is 7.52. The first kappa shape index (κ1) is 19.1. The molecule has 0 radical (unpaired) electrons. The van der Waals surface area contributed by atoms with Crippen molar-refractivity contribution in [1.82, 2.24) is 13.7 Å². The summed E-state index contributed by atoms with van der Waals surface area (Å²) in [7, 11) is 2.75. The van der Waals surface area contributed by atoms with Crippen LogP contribution < -0.4 is 21.0 Å². The SMILES string of the molecule is Cn1c(=S)n(C)c(=O)n(-c2cc3c(cc2F)OCC(=O)N3CC#CBr)c1=O. The quantitative estimate of drug-likeness (QED) is 0.495. The van der Waals surface area contributed by atoms with Gasteiger partial charge in [0.2, 0.25) is 0 Å². The van der Waals surface area contributed by atoms with Gasteiger partial charge in [0.15, 0.2) is 17.2 Å². The van der Waals surface area contributed by atoms with Gasteiger partial charge >= 0.3 is 11.4 Å². The highest BCUT2D eigenvalue weighted by Gasteiger charge is 2.28. The first-order valence-corrected chi connectivity index (χ1v) is 8.72. The third-order valence-electron chi connectivity index (χ3n) is 4.05. The summed E-state index contributed by atoms with van der Waals surface area (Å²) >= 11 is 7.97. The molecule has 8 nitrogen and oxygen atoms in total. The van der Waals surface area contributed by atoms with E-state index in [1.807, 2.05) is 0 Å². The Kier molecular flexibility index (Phi) is 5.03. The van der Waals surface area contributed by atoms with Gasteiger partial charge in [-0.3, -0.25) is 18.8 Å². The van der Waals surface area contributed by atoms with E-state index in [0.717, 1.165) is 15.2 Å². The number of nitrogens with zero attached hydrogens (tertiary/aromatic N) is 4. The molecular formula is C16H12BrFN4O4S. The first-order chi connectivity index (χ1) is 12.8. The van der Waals surface area contributed by atoms with E-state index in [-0.39, 0.29) is 41.0 Å². The molecule has 0 saturated heterocycles. The number of aromatic nitrogens is 3. The van der Waals surface area contributed by atoms with Gasteiger partial charge in [0.1, 0.15) is 5.75 Å². The lowest BCUT2D eigenvalue weighted by Gasteiger charge is -2.28. The molecule has 0 bridgehead atoms. The molecule has 0 saturated carbocycles. The van der Waals surface area contributed by atoms with Crippen molar-refractivity contribution in [2.45, 2.75) is 0 Å². The molecule has 2 aromatic rings. The lowest BCUT2D eigenvalue weighted by Crippen LogP contribution is -2.44. The zero-order valence-corrected chi connectivity index (χ0v) is 16.6. The van der Waals surface area contributed by atoms with Crippen LogP contribution in [0.2, 0.25) is 0 Å². The van der Waals surface area contributed by atoms with Crippen molar-refractivity contribution in [2.24, 2.45) is 14.1 Å². The van der Waals surface area contributed by atoms with Crippen LogP contribution in [-0.4, -0.2) is 32.8 Å². The predicted octanol–water partition coefficient (Wildman–Crippen LogP) is 0.824. The highest BCUT2D eigenvalue weighted by molar-refractivity contribution is 9.12. The number of anilines is 1. The van der Waals surface area contributed by atoms with E-state index in [0.29, 0.717) is 4.57 Å². The molecule has 0 spiro atoms. The van der Waals surface area contributed by atoms with Crippen LogP contribution in [-0.2, 0) is 18.9 Å². The number of rotatable bonds is 2. The van der Waals surface area contributed by atoms with Gasteiger partial charge < -0.3 is 4.74 Å². The van der Waals surface area contributed by atoms with Gasteiger partial charge in [0.05, 0.1) is 17.9 Å². The van der Waals surface area contributed by atoms with Crippen molar-refractivity contribution in [3.63, 3.8) is 0 Å². The fraction of sp³-hybridized carbons (Fsp3) is 0.250. The normalized spacial score (nSPS) is 12.9. The monoisotopic (exact) mass is 454 g/mol. The van der Waals surface area contributed by atoms with Gasteiger partial charge in [-0.1, -0.05) is 5.92 Å². The maximum Gasteiger partial charge on any atom is 0.338 e. The Hall–Kier alpha value is -2.71. The van der Waals surface area contributed by atoms with Gasteiger partial charge in [0.25, 0.3) is 5.91 Å². The lowest BCUT2D eigenvalue weighted by atomic mass is 10.2. The standard InChI is InChI=1S/C16H12BrFN4O4S/c1-19-14(24)22(15(25)20(2)16(19)27)10-7-11-12(6-9(10)18)26-8-13(23)21(11)5-3-4-17/h6-7H,5,8H2,1-2H3. The number of benzene rings is 1. The molecule has 0 atom stereocenters. The van der Waals surface area contributed by atoms with Crippen LogP contribution in [0.3, 0.4) is 0 Å². The van der Waals surface area contributed by atoms with Crippen molar-refractivity contribution in [2.75, 3.05) is 18.1 Å². The van der Waals surface area contributed by atoms with Crippen LogP contribution in [0.1, 0.15) is 0 Å². The highest BCUT2D eigenvalue weighted by Crippen LogP contribution is 2.35. The maximum absolute atomic E-state index is 14.7. The van der Waals surface area contributed by atoms with Gasteiger partial charge in [-0.25, -0.2) is 18.5 Å². The second-order valence-corrected chi connectivity index (χ2v) is 6.37. The van der Waals surface area contributed by atoms with Gasteiger partial charge in [0, 0.05) is 36.1 Å². The maximum atomic E-state index is 14.7. The molecule has 0 unspecified atom stereocenters. The Labute approximate surface area is 165 Å². The van der Waals surface area contributed by atoms with E-state index in [4.69, 9.17) is 17.0 Å². The molecule has 1 aromatic carbocycles. The molecule has 0 fully saturated rings. The summed E-state index contributed by atoms with van der Waals surface area (Å²) in [4.78, 5) is 41.0. The Morgan fingerprint density at radius 2 is 1.81 bits per heavy atom. The summed E-state index contributed by atoms with van der Waals surface area (Å²) in [5, 5.41) is 0.